The molecule has 1 aromatic heterocycles. The molecule has 8 heteroatoms. The zero-order chi connectivity index (χ0) is 14.0. The Morgan fingerprint density at radius 3 is 2.53 bits per heavy atom. The van der Waals surface area contributed by atoms with Crippen LogP contribution in [0.2, 0.25) is 15.2 Å². The van der Waals surface area contributed by atoms with Crippen molar-refractivity contribution < 1.29 is 8.42 Å². The van der Waals surface area contributed by atoms with Crippen LogP contribution in [-0.4, -0.2) is 13.4 Å². The van der Waals surface area contributed by atoms with Crippen LogP contribution in [0.5, 0.6) is 0 Å². The first-order valence-electron chi connectivity index (χ1n) is 4.98. The van der Waals surface area contributed by atoms with Crippen LogP contribution in [0.15, 0.2) is 41.4 Å². The summed E-state index contributed by atoms with van der Waals surface area (Å²) in [4.78, 5) is 3.66. The molecule has 0 saturated heterocycles. The maximum Gasteiger partial charge on any atom is 0.263 e. The highest BCUT2D eigenvalue weighted by atomic mass is 35.5. The number of pyridine rings is 1. The molecule has 0 atom stereocenters. The molecule has 1 heterocycles. The molecule has 2 rings (SSSR count). The summed E-state index contributed by atoms with van der Waals surface area (Å²) in [6.45, 7) is 0. The van der Waals surface area contributed by atoms with Gasteiger partial charge in [0, 0.05) is 6.20 Å². The van der Waals surface area contributed by atoms with Gasteiger partial charge in [-0.05, 0) is 24.3 Å². The van der Waals surface area contributed by atoms with Crippen LogP contribution >= 0.6 is 34.8 Å². The summed E-state index contributed by atoms with van der Waals surface area (Å²) in [5.74, 6) is 0. The Bertz CT molecular complexity index is 720. The minimum Gasteiger partial charge on any atom is -0.279 e. The third-order valence-electron chi connectivity index (χ3n) is 2.18. The van der Waals surface area contributed by atoms with E-state index >= 15 is 0 Å². The summed E-state index contributed by atoms with van der Waals surface area (Å²) in [6, 6.07) is 7.23. The first-order chi connectivity index (χ1) is 8.90. The summed E-state index contributed by atoms with van der Waals surface area (Å²) in [5.41, 5.74) is 0.288. The lowest BCUT2D eigenvalue weighted by molar-refractivity contribution is 0.601. The topological polar surface area (TPSA) is 59.1 Å². The van der Waals surface area contributed by atoms with E-state index < -0.39 is 10.0 Å². The molecule has 2 aromatic rings. The molecule has 1 aromatic carbocycles. The highest BCUT2D eigenvalue weighted by molar-refractivity contribution is 7.92. The number of aromatic nitrogens is 1. The number of rotatable bonds is 3. The third kappa shape index (κ3) is 3.30. The highest BCUT2D eigenvalue weighted by Crippen LogP contribution is 2.30. The Morgan fingerprint density at radius 2 is 1.84 bits per heavy atom. The fourth-order valence-electron chi connectivity index (χ4n) is 1.37. The number of nitrogens with zero attached hydrogens (tertiary/aromatic N) is 1. The number of anilines is 1. The van der Waals surface area contributed by atoms with Crippen molar-refractivity contribution in [3.05, 3.63) is 51.7 Å². The lowest BCUT2D eigenvalue weighted by atomic mass is 10.4. The van der Waals surface area contributed by atoms with Gasteiger partial charge in [0.25, 0.3) is 10.0 Å². The lowest BCUT2D eigenvalue weighted by Crippen LogP contribution is -2.13. The summed E-state index contributed by atoms with van der Waals surface area (Å²) < 4.78 is 26.7. The summed E-state index contributed by atoms with van der Waals surface area (Å²) >= 11 is 17.4. The number of nitrogens with one attached hydrogen (secondary N) is 1. The summed E-state index contributed by atoms with van der Waals surface area (Å²) in [5, 5.41) is 0.312. The van der Waals surface area contributed by atoms with Crippen LogP contribution in [-0.2, 0) is 10.0 Å². The standard InChI is InChI=1S/C11H7Cl3N2O2S/c12-8-2-1-3-9(11(8)14)19(17,18)16-7-4-5-15-10(13)6-7/h1-6H,(H,15,16). The molecule has 100 valence electrons. The average Bonchev–Trinajstić information content (AvgIpc) is 2.32. The number of hydrogen-bond donors (Lipinski definition) is 1. The third-order valence-corrected chi connectivity index (χ3v) is 4.75. The van der Waals surface area contributed by atoms with Gasteiger partial charge in [-0.1, -0.05) is 40.9 Å². The lowest BCUT2D eigenvalue weighted by Gasteiger charge is -2.10. The normalized spacial score (nSPS) is 11.3. The number of hydrogen-bond acceptors (Lipinski definition) is 3. The smallest absolute Gasteiger partial charge is 0.263 e. The molecule has 0 aliphatic rings. The van der Waals surface area contributed by atoms with Crippen molar-refractivity contribution in [3.63, 3.8) is 0 Å². The van der Waals surface area contributed by atoms with Crippen LogP contribution < -0.4 is 4.72 Å². The zero-order valence-electron chi connectivity index (χ0n) is 9.27. The van der Waals surface area contributed by atoms with E-state index in [1.807, 2.05) is 0 Å². The molecule has 0 bridgehead atoms. The van der Waals surface area contributed by atoms with Crippen molar-refractivity contribution in [3.8, 4) is 0 Å². The monoisotopic (exact) mass is 336 g/mol. The Morgan fingerprint density at radius 1 is 1.11 bits per heavy atom. The minimum absolute atomic E-state index is 0.0307. The second-order valence-electron chi connectivity index (χ2n) is 3.52. The molecule has 0 fully saturated rings. The quantitative estimate of drug-likeness (QED) is 0.866. The SMILES string of the molecule is O=S(=O)(Nc1ccnc(Cl)c1)c1cccc(Cl)c1Cl. The highest BCUT2D eigenvalue weighted by Gasteiger charge is 2.19. The second kappa shape index (κ2) is 5.54. The van der Waals surface area contributed by atoms with E-state index in [0.717, 1.165) is 0 Å². The summed E-state index contributed by atoms with van der Waals surface area (Å²) in [6.07, 6.45) is 1.39. The first kappa shape index (κ1) is 14.4. The van der Waals surface area contributed by atoms with Gasteiger partial charge in [-0.15, -0.1) is 0 Å². The molecule has 0 spiro atoms. The van der Waals surface area contributed by atoms with Crippen LogP contribution in [0.25, 0.3) is 0 Å². The number of halogens is 3. The van der Waals surface area contributed by atoms with Crippen LogP contribution in [0, 0.1) is 0 Å². The molecular weight excluding hydrogens is 331 g/mol. The Labute approximate surface area is 125 Å². The molecule has 19 heavy (non-hydrogen) atoms. The van der Waals surface area contributed by atoms with Gasteiger partial charge in [0.1, 0.15) is 10.0 Å². The van der Waals surface area contributed by atoms with Crippen molar-refractivity contribution in [1.82, 2.24) is 4.98 Å². The molecule has 0 radical (unpaired) electrons. The molecule has 0 aliphatic carbocycles. The molecule has 4 nitrogen and oxygen atoms in total. The molecule has 1 N–H and O–H groups in total. The van der Waals surface area contributed by atoms with Crippen LogP contribution in [0.4, 0.5) is 5.69 Å². The predicted molar refractivity (Wildman–Crippen MR) is 76.5 cm³/mol. The molecule has 0 unspecified atom stereocenters. The van der Waals surface area contributed by atoms with Crippen molar-refractivity contribution in [2.45, 2.75) is 4.90 Å². The zero-order valence-corrected chi connectivity index (χ0v) is 12.4. The van der Waals surface area contributed by atoms with E-state index in [0.29, 0.717) is 0 Å². The van der Waals surface area contributed by atoms with Crippen molar-refractivity contribution >= 4 is 50.5 Å². The van der Waals surface area contributed by atoms with Gasteiger partial charge < -0.3 is 0 Å². The largest absolute Gasteiger partial charge is 0.279 e. The second-order valence-corrected chi connectivity index (χ2v) is 6.35. The van der Waals surface area contributed by atoms with Gasteiger partial charge in [-0.3, -0.25) is 4.72 Å². The van der Waals surface area contributed by atoms with E-state index in [9.17, 15) is 8.42 Å². The average molecular weight is 338 g/mol. The van der Waals surface area contributed by atoms with Crippen LogP contribution in [0.3, 0.4) is 0 Å². The maximum absolute atomic E-state index is 12.2. The Balaban J connectivity index is 2.41. The molecule has 0 aliphatic heterocycles. The first-order valence-corrected chi connectivity index (χ1v) is 7.60. The van der Waals surface area contributed by atoms with Gasteiger partial charge in [0.05, 0.1) is 15.7 Å². The van der Waals surface area contributed by atoms with Gasteiger partial charge in [0.15, 0.2) is 0 Å². The Kier molecular flexibility index (Phi) is 4.20. The number of benzene rings is 1. The van der Waals surface area contributed by atoms with Gasteiger partial charge >= 0.3 is 0 Å². The van der Waals surface area contributed by atoms with Gasteiger partial charge in [-0.2, -0.15) is 0 Å². The van der Waals surface area contributed by atoms with Crippen molar-refractivity contribution in [1.29, 1.82) is 0 Å². The van der Waals surface area contributed by atoms with E-state index in [1.165, 1.54) is 36.5 Å². The molecule has 0 saturated carbocycles. The van der Waals surface area contributed by atoms with Crippen molar-refractivity contribution in [2.75, 3.05) is 4.72 Å². The minimum atomic E-state index is -3.84. The predicted octanol–water partition coefficient (Wildman–Crippen LogP) is 3.84. The Hall–Kier alpha value is -1.01. The summed E-state index contributed by atoms with van der Waals surface area (Å²) in [7, 11) is -3.84. The van der Waals surface area contributed by atoms with Gasteiger partial charge in [-0.25, -0.2) is 13.4 Å². The number of sulfonamides is 1. The van der Waals surface area contributed by atoms with Crippen molar-refractivity contribution in [2.24, 2.45) is 0 Å². The van der Waals surface area contributed by atoms with E-state index in [-0.39, 0.29) is 25.8 Å². The fourth-order valence-corrected chi connectivity index (χ4v) is 3.35. The fraction of sp³-hybridized carbons (Fsp3) is 0. The molecule has 0 amide bonds. The molecular formula is C11H7Cl3N2O2S. The maximum atomic E-state index is 12.2. The van der Waals surface area contributed by atoms with Crippen LogP contribution in [0.1, 0.15) is 0 Å². The van der Waals surface area contributed by atoms with E-state index in [4.69, 9.17) is 34.8 Å². The van der Waals surface area contributed by atoms with E-state index in [1.54, 1.807) is 0 Å². The van der Waals surface area contributed by atoms with Gasteiger partial charge in [0.2, 0.25) is 0 Å². The van der Waals surface area contributed by atoms with E-state index in [2.05, 4.69) is 9.71 Å².